The molecular formula is C17H15NO3. The van der Waals surface area contributed by atoms with Crippen molar-refractivity contribution < 1.29 is 14.4 Å². The van der Waals surface area contributed by atoms with Gasteiger partial charge in [0.1, 0.15) is 0 Å². The minimum atomic E-state index is -0.522. The number of benzene rings is 2. The molecule has 2 aromatic carbocycles. The van der Waals surface area contributed by atoms with Crippen LogP contribution in [0.15, 0.2) is 42.5 Å². The monoisotopic (exact) mass is 281 g/mol. The topological polar surface area (TPSA) is 46.6 Å². The Morgan fingerprint density at radius 2 is 1.71 bits per heavy atom. The molecule has 3 rings (SSSR count). The van der Waals surface area contributed by atoms with E-state index >= 15 is 0 Å². The largest absolute Gasteiger partial charge is 0.334 e. The summed E-state index contributed by atoms with van der Waals surface area (Å²) in [4.78, 5) is 27.8. The lowest BCUT2D eigenvalue weighted by molar-refractivity contribution is -0.147. The lowest BCUT2D eigenvalue weighted by Gasteiger charge is -2.19. The van der Waals surface area contributed by atoms with Gasteiger partial charge >= 0.3 is 5.97 Å². The van der Waals surface area contributed by atoms with Crippen LogP contribution in [0.4, 0.5) is 5.69 Å². The number of nitrogens with zero attached hydrogens (tertiary/aromatic N) is 1. The number of amides is 1. The lowest BCUT2D eigenvalue weighted by atomic mass is 10.1. The maximum atomic E-state index is 11.7. The van der Waals surface area contributed by atoms with Crippen molar-refractivity contribution in [3.8, 4) is 11.1 Å². The number of carbonyl (C=O) groups excluding carboxylic acids is 2. The maximum Gasteiger partial charge on any atom is 0.330 e. The Balaban J connectivity index is 2.04. The van der Waals surface area contributed by atoms with E-state index in [0.717, 1.165) is 17.0 Å². The summed E-state index contributed by atoms with van der Waals surface area (Å²) in [5.41, 5.74) is 5.30. The first-order valence-corrected chi connectivity index (χ1v) is 6.76. The van der Waals surface area contributed by atoms with Crippen molar-refractivity contribution in [1.82, 2.24) is 0 Å². The molecule has 0 radical (unpaired) electrons. The van der Waals surface area contributed by atoms with E-state index in [9.17, 15) is 9.59 Å². The number of fused-ring (bicyclic) bond motifs is 3. The third kappa shape index (κ3) is 2.40. The number of carbonyl (C=O) groups is 2. The van der Waals surface area contributed by atoms with E-state index in [0.29, 0.717) is 5.69 Å². The first kappa shape index (κ1) is 13.4. The molecule has 1 aliphatic rings. The van der Waals surface area contributed by atoms with Crippen molar-refractivity contribution in [2.75, 3.05) is 5.06 Å². The molecule has 4 nitrogen and oxygen atoms in total. The van der Waals surface area contributed by atoms with Crippen molar-refractivity contribution in [2.45, 2.75) is 20.3 Å². The first-order chi connectivity index (χ1) is 10.1. The second-order valence-electron chi connectivity index (χ2n) is 5.07. The summed E-state index contributed by atoms with van der Waals surface area (Å²) in [6, 6.07) is 13.9. The van der Waals surface area contributed by atoms with Crippen molar-refractivity contribution in [1.29, 1.82) is 0 Å². The minimum Gasteiger partial charge on any atom is -0.334 e. The fraction of sp³-hybridized carbons (Fsp3) is 0.176. The third-order valence-corrected chi connectivity index (χ3v) is 3.52. The van der Waals surface area contributed by atoms with E-state index in [-0.39, 0.29) is 5.91 Å². The van der Waals surface area contributed by atoms with E-state index in [4.69, 9.17) is 4.84 Å². The van der Waals surface area contributed by atoms with Crippen LogP contribution in [0.25, 0.3) is 11.1 Å². The van der Waals surface area contributed by atoms with Gasteiger partial charge in [0.2, 0.25) is 0 Å². The van der Waals surface area contributed by atoms with Gasteiger partial charge in [-0.15, -0.1) is 5.06 Å². The Bertz CT molecular complexity index is 737. The van der Waals surface area contributed by atoms with Crippen LogP contribution in [0, 0.1) is 0 Å². The number of hydroxylamine groups is 1. The summed E-state index contributed by atoms with van der Waals surface area (Å²) >= 11 is 0. The smallest absolute Gasteiger partial charge is 0.330 e. The van der Waals surface area contributed by atoms with Crippen molar-refractivity contribution in [2.24, 2.45) is 0 Å². The molecule has 2 aromatic rings. The van der Waals surface area contributed by atoms with Gasteiger partial charge in [0.15, 0.2) is 0 Å². The molecule has 106 valence electrons. The van der Waals surface area contributed by atoms with Crippen LogP contribution in [0.1, 0.15) is 25.0 Å². The molecule has 0 atom stereocenters. The van der Waals surface area contributed by atoms with E-state index in [1.54, 1.807) is 6.07 Å². The van der Waals surface area contributed by atoms with Crippen LogP contribution >= 0.6 is 0 Å². The van der Waals surface area contributed by atoms with Gasteiger partial charge in [0, 0.05) is 13.8 Å². The zero-order valence-corrected chi connectivity index (χ0v) is 11.9. The van der Waals surface area contributed by atoms with Gasteiger partial charge in [0.25, 0.3) is 5.91 Å². The fourth-order valence-electron chi connectivity index (χ4n) is 2.67. The average molecular weight is 281 g/mol. The van der Waals surface area contributed by atoms with Crippen LogP contribution in [0.2, 0.25) is 0 Å². The molecule has 1 aliphatic carbocycles. The highest BCUT2D eigenvalue weighted by Gasteiger charge is 2.21. The summed E-state index contributed by atoms with van der Waals surface area (Å²) in [7, 11) is 0. The van der Waals surface area contributed by atoms with E-state index in [1.807, 2.05) is 24.3 Å². The summed E-state index contributed by atoms with van der Waals surface area (Å²) in [6.07, 6.45) is 0.888. The molecule has 1 amide bonds. The van der Waals surface area contributed by atoms with Crippen molar-refractivity contribution in [3.05, 3.63) is 53.6 Å². The van der Waals surface area contributed by atoms with Gasteiger partial charge in [-0.3, -0.25) is 4.79 Å². The molecule has 4 heteroatoms. The SMILES string of the molecule is CC(=O)ON(C(C)=O)c1ccc2c(c1)-c1ccccc1C2. The highest BCUT2D eigenvalue weighted by molar-refractivity contribution is 5.93. The molecule has 0 saturated carbocycles. The molecule has 0 heterocycles. The fourth-order valence-corrected chi connectivity index (χ4v) is 2.67. The Labute approximate surface area is 122 Å². The predicted molar refractivity (Wildman–Crippen MR) is 79.6 cm³/mol. The average Bonchev–Trinajstić information content (AvgIpc) is 2.82. The Morgan fingerprint density at radius 3 is 2.43 bits per heavy atom. The standard InChI is InChI=1S/C17H15NO3/c1-11(19)18(21-12(2)20)15-8-7-14-9-13-5-3-4-6-16(13)17(14)10-15/h3-8,10H,9H2,1-2H3. The summed E-state index contributed by atoms with van der Waals surface area (Å²) < 4.78 is 0. The summed E-state index contributed by atoms with van der Waals surface area (Å²) in [5.74, 6) is -0.859. The van der Waals surface area contributed by atoms with Gasteiger partial charge in [-0.25, -0.2) is 4.79 Å². The molecule has 0 aliphatic heterocycles. The summed E-state index contributed by atoms with van der Waals surface area (Å²) in [6.45, 7) is 2.64. The molecule has 0 aromatic heterocycles. The Hall–Kier alpha value is -2.62. The molecule has 0 N–H and O–H groups in total. The van der Waals surface area contributed by atoms with Crippen LogP contribution in [0.5, 0.6) is 0 Å². The van der Waals surface area contributed by atoms with Gasteiger partial charge in [-0.2, -0.15) is 0 Å². The number of rotatable bonds is 1. The molecule has 0 unspecified atom stereocenters. The van der Waals surface area contributed by atoms with Crippen molar-refractivity contribution in [3.63, 3.8) is 0 Å². The highest BCUT2D eigenvalue weighted by Crippen LogP contribution is 2.38. The Kier molecular flexibility index (Phi) is 3.22. The zero-order chi connectivity index (χ0) is 15.0. The van der Waals surface area contributed by atoms with E-state index < -0.39 is 5.97 Å². The van der Waals surface area contributed by atoms with Crippen LogP contribution in [0.3, 0.4) is 0 Å². The molecule has 0 saturated heterocycles. The van der Waals surface area contributed by atoms with Gasteiger partial charge in [-0.1, -0.05) is 30.3 Å². The molecule has 21 heavy (non-hydrogen) atoms. The molecular weight excluding hydrogens is 266 g/mol. The zero-order valence-electron chi connectivity index (χ0n) is 11.9. The summed E-state index contributed by atoms with van der Waals surface area (Å²) in [5, 5.41) is 1.03. The second-order valence-corrected chi connectivity index (χ2v) is 5.07. The number of anilines is 1. The van der Waals surface area contributed by atoms with E-state index in [2.05, 4.69) is 12.1 Å². The highest BCUT2D eigenvalue weighted by atomic mass is 16.7. The Morgan fingerprint density at radius 1 is 1.00 bits per heavy atom. The van der Waals surface area contributed by atoms with Crippen LogP contribution in [-0.4, -0.2) is 11.9 Å². The van der Waals surface area contributed by atoms with Crippen LogP contribution in [-0.2, 0) is 20.8 Å². The normalized spacial score (nSPS) is 11.5. The maximum absolute atomic E-state index is 11.7. The third-order valence-electron chi connectivity index (χ3n) is 3.52. The first-order valence-electron chi connectivity index (χ1n) is 6.76. The van der Waals surface area contributed by atoms with Gasteiger partial charge < -0.3 is 4.84 Å². The van der Waals surface area contributed by atoms with E-state index in [1.165, 1.54) is 30.5 Å². The van der Waals surface area contributed by atoms with Crippen molar-refractivity contribution >= 4 is 17.6 Å². The predicted octanol–water partition coefficient (Wildman–Crippen LogP) is 3.09. The second kappa shape index (κ2) is 5.05. The lowest BCUT2D eigenvalue weighted by Crippen LogP contribution is -2.30. The van der Waals surface area contributed by atoms with Gasteiger partial charge in [-0.05, 0) is 40.8 Å². The van der Waals surface area contributed by atoms with Crippen LogP contribution < -0.4 is 5.06 Å². The number of hydrogen-bond donors (Lipinski definition) is 0. The molecule has 0 fully saturated rings. The minimum absolute atomic E-state index is 0.337. The number of hydrogen-bond acceptors (Lipinski definition) is 3. The molecule has 0 spiro atoms. The van der Waals surface area contributed by atoms with Gasteiger partial charge in [0.05, 0.1) is 5.69 Å². The quantitative estimate of drug-likeness (QED) is 0.644. The molecule has 0 bridgehead atoms.